The van der Waals surface area contributed by atoms with E-state index in [0.29, 0.717) is 5.91 Å². The highest BCUT2D eigenvalue weighted by atomic mass is 35.5. The molecule has 0 aliphatic carbocycles. The van der Waals surface area contributed by atoms with Gasteiger partial charge in [-0.05, 0) is 25.7 Å². The number of halogens is 1. The van der Waals surface area contributed by atoms with E-state index in [-0.39, 0.29) is 11.3 Å². The summed E-state index contributed by atoms with van der Waals surface area (Å²) < 4.78 is 5.26. The van der Waals surface area contributed by atoms with Gasteiger partial charge in [0.05, 0.1) is 5.38 Å². The number of rotatable bonds is 1. The van der Waals surface area contributed by atoms with Gasteiger partial charge < -0.3 is 9.64 Å². The molecule has 3 nitrogen and oxygen atoms in total. The van der Waals surface area contributed by atoms with E-state index in [1.165, 1.54) is 0 Å². The van der Waals surface area contributed by atoms with Gasteiger partial charge in [0.25, 0.3) is 0 Å². The Kier molecular flexibility index (Phi) is 3.87. The molecule has 0 N–H and O–H groups in total. The monoisotopic (exact) mass is 231 g/mol. The lowest BCUT2D eigenvalue weighted by atomic mass is 9.97. The third-order valence-electron chi connectivity index (χ3n) is 3.25. The van der Waals surface area contributed by atoms with Crippen LogP contribution in [0, 0.1) is 5.92 Å². The lowest BCUT2D eigenvalue weighted by Gasteiger charge is -2.33. The zero-order valence-corrected chi connectivity index (χ0v) is 9.71. The second-order valence-corrected chi connectivity index (χ2v) is 5.03. The number of amides is 1. The number of likely N-dealkylation sites (tertiary alicyclic amines) is 1. The summed E-state index contributed by atoms with van der Waals surface area (Å²) >= 11 is 6.08. The molecular formula is C11H18ClNO2. The van der Waals surface area contributed by atoms with Crippen molar-refractivity contribution in [3.63, 3.8) is 0 Å². The molecule has 2 heterocycles. The fourth-order valence-corrected chi connectivity index (χ4v) is 2.65. The molecule has 2 fully saturated rings. The van der Waals surface area contributed by atoms with Crippen LogP contribution in [0.15, 0.2) is 0 Å². The van der Waals surface area contributed by atoms with E-state index in [2.05, 4.69) is 0 Å². The van der Waals surface area contributed by atoms with Crippen molar-refractivity contribution in [3.8, 4) is 0 Å². The van der Waals surface area contributed by atoms with Crippen LogP contribution < -0.4 is 0 Å². The highest BCUT2D eigenvalue weighted by Gasteiger charge is 2.29. The van der Waals surface area contributed by atoms with Crippen LogP contribution in [-0.2, 0) is 9.53 Å². The van der Waals surface area contributed by atoms with Gasteiger partial charge in [-0.1, -0.05) is 0 Å². The Morgan fingerprint density at radius 1 is 1.27 bits per heavy atom. The Hall–Kier alpha value is -0.280. The van der Waals surface area contributed by atoms with E-state index in [1.807, 2.05) is 4.90 Å². The van der Waals surface area contributed by atoms with E-state index < -0.39 is 0 Å². The van der Waals surface area contributed by atoms with Gasteiger partial charge in [-0.2, -0.15) is 0 Å². The van der Waals surface area contributed by atoms with Crippen molar-refractivity contribution < 1.29 is 9.53 Å². The molecule has 86 valence electrons. The van der Waals surface area contributed by atoms with Gasteiger partial charge in [-0.3, -0.25) is 4.79 Å². The molecule has 2 aliphatic rings. The first kappa shape index (κ1) is 11.2. The molecular weight excluding hydrogens is 214 g/mol. The Bertz CT molecular complexity index is 229. The highest BCUT2D eigenvalue weighted by Crippen LogP contribution is 2.22. The van der Waals surface area contributed by atoms with Crippen LogP contribution in [0.3, 0.4) is 0 Å². The summed E-state index contributed by atoms with van der Waals surface area (Å²) in [7, 11) is 0. The second kappa shape index (κ2) is 5.17. The van der Waals surface area contributed by atoms with E-state index in [9.17, 15) is 4.79 Å². The van der Waals surface area contributed by atoms with Gasteiger partial charge in [0, 0.05) is 32.2 Å². The van der Waals surface area contributed by atoms with Gasteiger partial charge in [0.2, 0.25) is 5.91 Å². The standard InChI is InChI=1S/C11H18ClNO2/c12-10-2-1-5-13(8-10)11(14)9-3-6-15-7-4-9/h9-10H,1-8H2. The van der Waals surface area contributed by atoms with Crippen LogP contribution in [0.2, 0.25) is 0 Å². The van der Waals surface area contributed by atoms with E-state index in [0.717, 1.165) is 52.0 Å². The van der Waals surface area contributed by atoms with Gasteiger partial charge in [-0.25, -0.2) is 0 Å². The number of alkyl halides is 1. The summed E-state index contributed by atoms with van der Waals surface area (Å²) in [6.07, 6.45) is 3.84. The minimum absolute atomic E-state index is 0.155. The summed E-state index contributed by atoms with van der Waals surface area (Å²) in [6, 6.07) is 0. The van der Waals surface area contributed by atoms with Gasteiger partial charge in [0.15, 0.2) is 0 Å². The maximum atomic E-state index is 12.1. The molecule has 0 spiro atoms. The topological polar surface area (TPSA) is 29.5 Å². The largest absolute Gasteiger partial charge is 0.381 e. The molecule has 0 aromatic carbocycles. The third-order valence-corrected chi connectivity index (χ3v) is 3.60. The number of nitrogens with zero attached hydrogens (tertiary/aromatic N) is 1. The summed E-state index contributed by atoms with van der Waals surface area (Å²) in [5.74, 6) is 0.476. The molecule has 0 radical (unpaired) electrons. The van der Waals surface area contributed by atoms with Crippen molar-refractivity contribution >= 4 is 17.5 Å². The second-order valence-electron chi connectivity index (χ2n) is 4.41. The molecule has 2 rings (SSSR count). The Labute approximate surface area is 95.7 Å². The summed E-state index contributed by atoms with van der Waals surface area (Å²) in [6.45, 7) is 3.08. The van der Waals surface area contributed by atoms with Gasteiger partial charge in [0.1, 0.15) is 0 Å². The molecule has 0 aromatic heterocycles. The maximum absolute atomic E-state index is 12.1. The molecule has 15 heavy (non-hydrogen) atoms. The maximum Gasteiger partial charge on any atom is 0.225 e. The van der Waals surface area contributed by atoms with Crippen molar-refractivity contribution in [3.05, 3.63) is 0 Å². The molecule has 0 aromatic rings. The fraction of sp³-hybridized carbons (Fsp3) is 0.909. The van der Waals surface area contributed by atoms with Crippen LogP contribution in [0.25, 0.3) is 0 Å². The van der Waals surface area contributed by atoms with E-state index in [1.54, 1.807) is 0 Å². The molecule has 1 atom stereocenters. The predicted octanol–water partition coefficient (Wildman–Crippen LogP) is 1.64. The average Bonchev–Trinajstić information content (AvgIpc) is 2.29. The average molecular weight is 232 g/mol. The zero-order valence-electron chi connectivity index (χ0n) is 8.95. The first-order chi connectivity index (χ1) is 7.27. The van der Waals surface area contributed by atoms with E-state index >= 15 is 0 Å². The Balaban J connectivity index is 1.88. The Morgan fingerprint density at radius 2 is 2.00 bits per heavy atom. The molecule has 0 bridgehead atoms. The molecule has 1 unspecified atom stereocenters. The summed E-state index contributed by atoms with van der Waals surface area (Å²) in [5.41, 5.74) is 0. The van der Waals surface area contributed by atoms with Crippen molar-refractivity contribution in [2.75, 3.05) is 26.3 Å². The number of ether oxygens (including phenoxy) is 1. The number of piperidine rings is 1. The van der Waals surface area contributed by atoms with Gasteiger partial charge >= 0.3 is 0 Å². The number of carbonyl (C=O) groups excluding carboxylic acids is 1. The lowest BCUT2D eigenvalue weighted by Crippen LogP contribution is -2.44. The number of carbonyl (C=O) groups is 1. The normalized spacial score (nSPS) is 29.1. The molecule has 1 amide bonds. The Morgan fingerprint density at radius 3 is 2.67 bits per heavy atom. The van der Waals surface area contributed by atoms with Crippen LogP contribution in [0.5, 0.6) is 0 Å². The first-order valence-electron chi connectivity index (χ1n) is 5.78. The first-order valence-corrected chi connectivity index (χ1v) is 6.21. The minimum Gasteiger partial charge on any atom is -0.381 e. The van der Waals surface area contributed by atoms with Crippen molar-refractivity contribution in [1.82, 2.24) is 4.90 Å². The van der Waals surface area contributed by atoms with Crippen molar-refractivity contribution in [1.29, 1.82) is 0 Å². The quantitative estimate of drug-likeness (QED) is 0.643. The smallest absolute Gasteiger partial charge is 0.225 e. The van der Waals surface area contributed by atoms with Crippen molar-refractivity contribution in [2.45, 2.75) is 31.1 Å². The van der Waals surface area contributed by atoms with Crippen molar-refractivity contribution in [2.24, 2.45) is 5.92 Å². The number of hydrogen-bond acceptors (Lipinski definition) is 2. The zero-order chi connectivity index (χ0) is 10.7. The third kappa shape index (κ3) is 2.85. The summed E-state index contributed by atoms with van der Waals surface area (Å²) in [4.78, 5) is 14.1. The lowest BCUT2D eigenvalue weighted by molar-refractivity contribution is -0.139. The number of hydrogen-bond donors (Lipinski definition) is 0. The van der Waals surface area contributed by atoms with E-state index in [4.69, 9.17) is 16.3 Å². The van der Waals surface area contributed by atoms with Crippen LogP contribution in [-0.4, -0.2) is 42.5 Å². The molecule has 4 heteroatoms. The minimum atomic E-state index is 0.155. The SMILES string of the molecule is O=C(C1CCOCC1)N1CCCC(Cl)C1. The van der Waals surface area contributed by atoms with Gasteiger partial charge in [-0.15, -0.1) is 11.6 Å². The highest BCUT2D eigenvalue weighted by molar-refractivity contribution is 6.20. The predicted molar refractivity (Wildman–Crippen MR) is 59.0 cm³/mol. The van der Waals surface area contributed by atoms with Crippen LogP contribution >= 0.6 is 11.6 Å². The van der Waals surface area contributed by atoms with Crippen LogP contribution in [0.1, 0.15) is 25.7 Å². The fourth-order valence-electron chi connectivity index (χ4n) is 2.33. The summed E-state index contributed by atoms with van der Waals surface area (Å²) in [5, 5.41) is 0.155. The van der Waals surface area contributed by atoms with Crippen LogP contribution in [0.4, 0.5) is 0 Å². The molecule has 2 saturated heterocycles. The molecule has 0 saturated carbocycles. The molecule has 2 aliphatic heterocycles.